The van der Waals surface area contributed by atoms with Crippen LogP contribution in [0.1, 0.15) is 60.1 Å². The average Bonchev–Trinajstić information content (AvgIpc) is 3.83. The van der Waals surface area contributed by atoms with Crippen molar-refractivity contribution in [1.82, 2.24) is 0 Å². The molecule has 0 aliphatic heterocycles. The van der Waals surface area contributed by atoms with E-state index in [0.717, 1.165) is 12.8 Å². The van der Waals surface area contributed by atoms with Crippen molar-refractivity contribution < 1.29 is 0 Å². The first-order valence-electron chi connectivity index (χ1n) is 20.4. The highest BCUT2D eigenvalue weighted by Gasteiger charge is 2.54. The van der Waals surface area contributed by atoms with Crippen molar-refractivity contribution in [1.29, 1.82) is 0 Å². The van der Waals surface area contributed by atoms with Gasteiger partial charge in [0.15, 0.2) is 0 Å². The number of fused-ring (bicyclic) bond motifs is 14. The molecule has 0 fully saturated rings. The van der Waals surface area contributed by atoms with Crippen molar-refractivity contribution in [2.75, 3.05) is 4.90 Å². The molecule has 1 spiro atoms. The molecule has 0 N–H and O–H groups in total. The molecule has 12 rings (SSSR count). The van der Waals surface area contributed by atoms with Crippen LogP contribution >= 0.6 is 0 Å². The molecule has 0 heterocycles. The summed E-state index contributed by atoms with van der Waals surface area (Å²) < 4.78 is 0. The van der Waals surface area contributed by atoms with Gasteiger partial charge in [-0.3, -0.25) is 0 Å². The Hall–Kier alpha value is -6.70. The summed E-state index contributed by atoms with van der Waals surface area (Å²) >= 11 is 0. The monoisotopic (exact) mass is 727 g/mol. The van der Waals surface area contributed by atoms with Gasteiger partial charge in [-0.05, 0) is 120 Å². The lowest BCUT2D eigenvalue weighted by Gasteiger charge is -2.36. The van der Waals surface area contributed by atoms with Gasteiger partial charge in [0.1, 0.15) is 0 Å². The quantitative estimate of drug-likeness (QED) is 0.174. The smallest absolute Gasteiger partial charge is 0.0689 e. The van der Waals surface area contributed by atoms with E-state index in [1.807, 2.05) is 0 Å². The second-order valence-corrected chi connectivity index (χ2v) is 16.7. The topological polar surface area (TPSA) is 3.24 Å². The summed E-state index contributed by atoms with van der Waals surface area (Å²) in [5.74, 6) is 0. The van der Waals surface area contributed by atoms with E-state index in [-0.39, 0.29) is 10.8 Å². The molecule has 8 aromatic carbocycles. The fourth-order valence-electron chi connectivity index (χ4n) is 11.2. The molecule has 4 aliphatic carbocycles. The molecule has 57 heavy (non-hydrogen) atoms. The third kappa shape index (κ3) is 4.35. The van der Waals surface area contributed by atoms with Crippen LogP contribution in [0.4, 0.5) is 11.4 Å². The lowest BCUT2D eigenvalue weighted by atomic mass is 9.68. The number of nitrogens with zero attached hydrogens (tertiary/aromatic N) is 1. The number of rotatable bonds is 4. The predicted octanol–water partition coefficient (Wildman–Crippen LogP) is 14.4. The van der Waals surface area contributed by atoms with E-state index in [1.165, 1.54) is 106 Å². The zero-order chi connectivity index (χ0) is 37.9. The normalized spacial score (nSPS) is 17.8. The number of anilines is 2. The standard InChI is InChI=1S/C56H41N/c1-55(2)46-22-11-8-19-42(46)43-33-32-40(35-51(43)55)57(39-30-27-37(28-31-39)36-15-4-3-5-16-36)52-26-14-25-49-54(52)45-21-10-13-24-48(45)56(49)47-23-12-9-20-44(47)53-41-18-7-6-17-38(41)29-34-50(53)56/h3-13,15-24,26-35H,14,25H2,1-2H3. The van der Waals surface area contributed by atoms with Crippen LogP contribution in [0.5, 0.6) is 0 Å². The number of benzene rings is 8. The summed E-state index contributed by atoms with van der Waals surface area (Å²) in [6.07, 6.45) is 4.49. The van der Waals surface area contributed by atoms with E-state index in [4.69, 9.17) is 0 Å². The van der Waals surface area contributed by atoms with Crippen molar-refractivity contribution in [2.45, 2.75) is 37.5 Å². The van der Waals surface area contributed by atoms with Crippen LogP contribution in [0, 0.1) is 0 Å². The van der Waals surface area contributed by atoms with Gasteiger partial charge in [0.2, 0.25) is 0 Å². The highest BCUT2D eigenvalue weighted by atomic mass is 15.2. The molecular formula is C56H41N. The molecule has 270 valence electrons. The van der Waals surface area contributed by atoms with Gasteiger partial charge in [-0.25, -0.2) is 0 Å². The van der Waals surface area contributed by atoms with Crippen LogP contribution in [-0.4, -0.2) is 0 Å². The third-order valence-corrected chi connectivity index (χ3v) is 13.6. The van der Waals surface area contributed by atoms with E-state index < -0.39 is 0 Å². The highest BCUT2D eigenvalue weighted by Crippen LogP contribution is 2.66. The first-order chi connectivity index (χ1) is 28.0. The third-order valence-electron chi connectivity index (χ3n) is 13.6. The van der Waals surface area contributed by atoms with Crippen LogP contribution in [-0.2, 0) is 10.8 Å². The van der Waals surface area contributed by atoms with Crippen LogP contribution in [0.3, 0.4) is 0 Å². The molecule has 1 atom stereocenters. The Morgan fingerprint density at radius 3 is 1.88 bits per heavy atom. The van der Waals surface area contributed by atoms with Crippen LogP contribution < -0.4 is 4.90 Å². The second kappa shape index (κ2) is 11.9. The zero-order valence-corrected chi connectivity index (χ0v) is 32.3. The largest absolute Gasteiger partial charge is 0.310 e. The lowest BCUT2D eigenvalue weighted by molar-refractivity contribution is 0.660. The number of allylic oxidation sites excluding steroid dienone is 3. The fraction of sp³-hybridized carbons (Fsp3) is 0.107. The van der Waals surface area contributed by atoms with E-state index in [0.29, 0.717) is 0 Å². The molecule has 0 saturated carbocycles. The molecule has 1 heteroatoms. The second-order valence-electron chi connectivity index (χ2n) is 16.7. The van der Waals surface area contributed by atoms with Crippen LogP contribution in [0.15, 0.2) is 199 Å². The Bertz CT molecular complexity index is 3030. The number of hydrogen-bond acceptors (Lipinski definition) is 1. The maximum atomic E-state index is 2.57. The van der Waals surface area contributed by atoms with Gasteiger partial charge in [0.25, 0.3) is 0 Å². The Balaban J connectivity index is 1.11. The van der Waals surface area contributed by atoms with Gasteiger partial charge in [-0.15, -0.1) is 0 Å². The highest BCUT2D eigenvalue weighted by molar-refractivity contribution is 6.08. The lowest BCUT2D eigenvalue weighted by Crippen LogP contribution is -2.28. The summed E-state index contributed by atoms with van der Waals surface area (Å²) in [5.41, 5.74) is 22.3. The van der Waals surface area contributed by atoms with Gasteiger partial charge in [0.05, 0.1) is 11.1 Å². The molecular weight excluding hydrogens is 687 g/mol. The molecule has 0 bridgehead atoms. The Labute approximate surface area is 334 Å². The summed E-state index contributed by atoms with van der Waals surface area (Å²) in [5, 5.41) is 2.62. The van der Waals surface area contributed by atoms with E-state index in [2.05, 4.69) is 207 Å². The SMILES string of the molecule is CC1(C)c2ccccc2-c2ccc(N(C3=CCCC4=C3c3ccccc3C43c4ccccc4-c4c3ccc3ccccc43)c3ccc(-c4ccccc4)cc3)cc21. The molecule has 0 aromatic heterocycles. The first-order valence-corrected chi connectivity index (χ1v) is 20.4. The molecule has 0 radical (unpaired) electrons. The van der Waals surface area contributed by atoms with Crippen molar-refractivity contribution >= 4 is 27.7 Å². The minimum Gasteiger partial charge on any atom is -0.310 e. The van der Waals surface area contributed by atoms with Crippen molar-refractivity contribution in [3.05, 3.63) is 233 Å². The predicted molar refractivity (Wildman–Crippen MR) is 238 cm³/mol. The van der Waals surface area contributed by atoms with Crippen molar-refractivity contribution in [3.63, 3.8) is 0 Å². The summed E-state index contributed by atoms with van der Waals surface area (Å²) in [6.45, 7) is 4.77. The molecule has 1 unspecified atom stereocenters. The van der Waals surface area contributed by atoms with Gasteiger partial charge in [-0.2, -0.15) is 0 Å². The van der Waals surface area contributed by atoms with E-state index >= 15 is 0 Å². The van der Waals surface area contributed by atoms with Crippen molar-refractivity contribution in [2.24, 2.45) is 0 Å². The van der Waals surface area contributed by atoms with Gasteiger partial charge in [-0.1, -0.05) is 178 Å². The maximum Gasteiger partial charge on any atom is 0.0689 e. The molecule has 1 nitrogen and oxygen atoms in total. The zero-order valence-electron chi connectivity index (χ0n) is 32.3. The van der Waals surface area contributed by atoms with Gasteiger partial charge >= 0.3 is 0 Å². The van der Waals surface area contributed by atoms with Gasteiger partial charge in [0, 0.05) is 22.4 Å². The number of hydrogen-bond donors (Lipinski definition) is 0. The van der Waals surface area contributed by atoms with Gasteiger partial charge < -0.3 is 4.90 Å². The Morgan fingerprint density at radius 2 is 1.07 bits per heavy atom. The summed E-state index contributed by atoms with van der Waals surface area (Å²) in [4.78, 5) is 2.57. The Kier molecular flexibility index (Phi) is 6.79. The summed E-state index contributed by atoms with van der Waals surface area (Å²) in [7, 11) is 0. The first kappa shape index (κ1) is 32.5. The molecule has 0 saturated heterocycles. The van der Waals surface area contributed by atoms with Crippen molar-refractivity contribution in [3.8, 4) is 33.4 Å². The minimum atomic E-state index is -0.369. The molecule has 0 amide bonds. The molecule has 8 aromatic rings. The maximum absolute atomic E-state index is 2.57. The summed E-state index contributed by atoms with van der Waals surface area (Å²) in [6, 6.07) is 68.4. The fourth-order valence-corrected chi connectivity index (χ4v) is 11.2. The van der Waals surface area contributed by atoms with E-state index in [1.54, 1.807) is 0 Å². The minimum absolute atomic E-state index is 0.111. The average molecular weight is 728 g/mol. The van der Waals surface area contributed by atoms with Crippen LogP contribution in [0.2, 0.25) is 0 Å². The van der Waals surface area contributed by atoms with Crippen LogP contribution in [0.25, 0.3) is 49.7 Å². The Morgan fingerprint density at radius 1 is 0.456 bits per heavy atom. The van der Waals surface area contributed by atoms with E-state index in [9.17, 15) is 0 Å². The molecule has 4 aliphatic rings.